The predicted octanol–water partition coefficient (Wildman–Crippen LogP) is 3.23. The molecule has 1 aliphatic heterocycles. The van der Waals surface area contributed by atoms with Crippen LogP contribution in [-0.4, -0.2) is 36.1 Å². The first-order chi connectivity index (χ1) is 10.5. The summed E-state index contributed by atoms with van der Waals surface area (Å²) in [6.45, 7) is 11.2. The molecule has 1 saturated heterocycles. The third kappa shape index (κ3) is 4.44. The Morgan fingerprint density at radius 1 is 1.27 bits per heavy atom. The number of carbonyl (C=O) groups is 1. The van der Waals surface area contributed by atoms with Crippen molar-refractivity contribution in [3.63, 3.8) is 0 Å². The normalized spacial score (nSPS) is 23.1. The summed E-state index contributed by atoms with van der Waals surface area (Å²) in [5.74, 6) is 0.236. The van der Waals surface area contributed by atoms with E-state index in [-0.39, 0.29) is 24.0 Å². The van der Waals surface area contributed by atoms with Gasteiger partial charge in [-0.05, 0) is 37.8 Å². The van der Waals surface area contributed by atoms with Gasteiger partial charge in [0.05, 0.1) is 12.2 Å². The van der Waals surface area contributed by atoms with E-state index in [9.17, 15) is 4.79 Å². The largest absolute Gasteiger partial charge is 0.372 e. The van der Waals surface area contributed by atoms with Crippen LogP contribution < -0.4 is 0 Å². The number of nitrogens with zero attached hydrogens (tertiary/aromatic N) is 1. The molecule has 1 heterocycles. The molecule has 0 spiro atoms. The Labute approximate surface area is 134 Å². The zero-order valence-corrected chi connectivity index (χ0v) is 13.9. The van der Waals surface area contributed by atoms with Crippen LogP contribution in [0.3, 0.4) is 0 Å². The number of hydrogen-bond acceptors (Lipinski definition) is 2. The first-order valence-electron chi connectivity index (χ1n) is 8.12. The predicted molar refractivity (Wildman–Crippen MR) is 89.8 cm³/mol. The maximum atomic E-state index is 12.6. The number of ether oxygens (including phenoxy) is 1. The molecule has 3 unspecified atom stereocenters. The van der Waals surface area contributed by atoms with E-state index in [0.29, 0.717) is 13.1 Å². The van der Waals surface area contributed by atoms with E-state index < -0.39 is 0 Å². The number of carbonyl (C=O) groups excluding carboxylic acids is 1. The highest BCUT2D eigenvalue weighted by Gasteiger charge is 2.28. The second-order valence-corrected chi connectivity index (χ2v) is 6.42. The Morgan fingerprint density at radius 2 is 1.82 bits per heavy atom. The van der Waals surface area contributed by atoms with Crippen molar-refractivity contribution in [3.8, 4) is 0 Å². The molecule has 3 atom stereocenters. The van der Waals surface area contributed by atoms with Crippen molar-refractivity contribution in [2.45, 2.75) is 45.8 Å². The fourth-order valence-electron chi connectivity index (χ4n) is 3.09. The van der Waals surface area contributed by atoms with E-state index >= 15 is 0 Å². The number of morpholine rings is 1. The van der Waals surface area contributed by atoms with E-state index in [2.05, 4.69) is 30.8 Å². The maximum absolute atomic E-state index is 12.6. The fourth-order valence-corrected chi connectivity index (χ4v) is 3.09. The quantitative estimate of drug-likeness (QED) is 0.782. The average Bonchev–Trinajstić information content (AvgIpc) is 2.47. The van der Waals surface area contributed by atoms with E-state index in [1.165, 1.54) is 11.1 Å². The number of rotatable bonds is 5. The second-order valence-electron chi connectivity index (χ2n) is 6.42. The molecule has 0 aliphatic carbocycles. The summed E-state index contributed by atoms with van der Waals surface area (Å²) in [7, 11) is 0. The third-order valence-electron chi connectivity index (χ3n) is 4.10. The summed E-state index contributed by atoms with van der Waals surface area (Å²) >= 11 is 0. The Kier molecular flexibility index (Phi) is 5.78. The van der Waals surface area contributed by atoms with Crippen molar-refractivity contribution < 1.29 is 9.53 Å². The van der Waals surface area contributed by atoms with Gasteiger partial charge in [-0.15, -0.1) is 6.58 Å². The summed E-state index contributed by atoms with van der Waals surface area (Å²) in [6.07, 6.45) is 3.82. The zero-order chi connectivity index (χ0) is 16.1. The van der Waals surface area contributed by atoms with E-state index in [1.807, 2.05) is 31.7 Å². The van der Waals surface area contributed by atoms with Gasteiger partial charge in [-0.3, -0.25) is 4.79 Å². The molecule has 22 heavy (non-hydrogen) atoms. The minimum Gasteiger partial charge on any atom is -0.372 e. The molecule has 0 radical (unpaired) electrons. The molecule has 1 fully saturated rings. The number of benzene rings is 1. The van der Waals surface area contributed by atoms with Gasteiger partial charge in [0.1, 0.15) is 0 Å². The van der Waals surface area contributed by atoms with Gasteiger partial charge in [0.2, 0.25) is 5.91 Å². The number of hydrogen-bond donors (Lipinski definition) is 0. The van der Waals surface area contributed by atoms with Crippen LogP contribution in [0.25, 0.3) is 0 Å². The molecule has 3 heteroatoms. The molecule has 1 aromatic carbocycles. The molecular formula is C19H27NO2. The summed E-state index contributed by atoms with van der Waals surface area (Å²) < 4.78 is 5.70. The Morgan fingerprint density at radius 3 is 2.36 bits per heavy atom. The van der Waals surface area contributed by atoms with Crippen molar-refractivity contribution in [1.82, 2.24) is 4.90 Å². The number of amides is 1. The minimum absolute atomic E-state index is 0.00255. The van der Waals surface area contributed by atoms with Crippen LogP contribution in [0.1, 0.15) is 31.9 Å². The van der Waals surface area contributed by atoms with Crippen LogP contribution in [-0.2, 0) is 22.4 Å². The molecule has 0 bridgehead atoms. The van der Waals surface area contributed by atoms with Gasteiger partial charge in [0.25, 0.3) is 0 Å². The van der Waals surface area contributed by atoms with Crippen LogP contribution in [0.4, 0.5) is 0 Å². The minimum atomic E-state index is 0.00255. The molecule has 1 aliphatic rings. The molecule has 3 nitrogen and oxygen atoms in total. The van der Waals surface area contributed by atoms with Crippen molar-refractivity contribution in [3.05, 3.63) is 48.0 Å². The van der Waals surface area contributed by atoms with Gasteiger partial charge in [-0.2, -0.15) is 0 Å². The SMILES string of the molecule is C=CCc1ccc(CC(C)C(=O)N2CC(C)OC(C)C2)cc1. The first-order valence-corrected chi connectivity index (χ1v) is 8.12. The van der Waals surface area contributed by atoms with Crippen molar-refractivity contribution in [2.24, 2.45) is 5.92 Å². The van der Waals surface area contributed by atoms with Gasteiger partial charge >= 0.3 is 0 Å². The molecule has 1 amide bonds. The lowest BCUT2D eigenvalue weighted by molar-refractivity contribution is -0.146. The highest BCUT2D eigenvalue weighted by molar-refractivity contribution is 5.79. The molecule has 0 aromatic heterocycles. The molecule has 1 aromatic rings. The lowest BCUT2D eigenvalue weighted by Gasteiger charge is -2.36. The summed E-state index contributed by atoms with van der Waals surface area (Å²) in [6, 6.07) is 8.47. The van der Waals surface area contributed by atoms with E-state index in [4.69, 9.17) is 4.74 Å². The topological polar surface area (TPSA) is 29.5 Å². The highest BCUT2D eigenvalue weighted by Crippen LogP contribution is 2.17. The monoisotopic (exact) mass is 301 g/mol. The molecule has 120 valence electrons. The fraction of sp³-hybridized carbons (Fsp3) is 0.526. The maximum Gasteiger partial charge on any atom is 0.225 e. The van der Waals surface area contributed by atoms with Crippen LogP contribution in [0.5, 0.6) is 0 Å². The average molecular weight is 301 g/mol. The Bertz CT molecular complexity index is 499. The first kappa shape index (κ1) is 16.8. The molecule has 0 N–H and O–H groups in total. The van der Waals surface area contributed by atoms with Crippen LogP contribution in [0.15, 0.2) is 36.9 Å². The zero-order valence-electron chi connectivity index (χ0n) is 13.9. The van der Waals surface area contributed by atoms with Gasteiger partial charge in [-0.1, -0.05) is 37.3 Å². The number of allylic oxidation sites excluding steroid dienone is 1. The summed E-state index contributed by atoms with van der Waals surface area (Å²) in [4.78, 5) is 14.6. The van der Waals surface area contributed by atoms with E-state index in [1.54, 1.807) is 0 Å². The van der Waals surface area contributed by atoms with Crippen molar-refractivity contribution >= 4 is 5.91 Å². The van der Waals surface area contributed by atoms with Crippen LogP contribution in [0, 0.1) is 5.92 Å². The smallest absolute Gasteiger partial charge is 0.225 e. The van der Waals surface area contributed by atoms with Gasteiger partial charge < -0.3 is 9.64 Å². The van der Waals surface area contributed by atoms with Crippen molar-refractivity contribution in [2.75, 3.05) is 13.1 Å². The Hall–Kier alpha value is -1.61. The van der Waals surface area contributed by atoms with Crippen molar-refractivity contribution in [1.29, 1.82) is 0 Å². The standard InChI is InChI=1S/C19H27NO2/c1-5-6-17-7-9-18(10-8-17)11-14(2)19(21)20-12-15(3)22-16(4)13-20/h5,7-10,14-16H,1,6,11-13H2,2-4H3. The highest BCUT2D eigenvalue weighted by atomic mass is 16.5. The lowest BCUT2D eigenvalue weighted by atomic mass is 9.98. The second kappa shape index (κ2) is 7.59. The van der Waals surface area contributed by atoms with E-state index in [0.717, 1.165) is 12.8 Å². The van der Waals surface area contributed by atoms with Gasteiger partial charge in [0, 0.05) is 19.0 Å². The Balaban J connectivity index is 1.94. The molecule has 0 saturated carbocycles. The van der Waals surface area contributed by atoms with Gasteiger partial charge in [-0.25, -0.2) is 0 Å². The summed E-state index contributed by atoms with van der Waals surface area (Å²) in [5.41, 5.74) is 2.47. The summed E-state index contributed by atoms with van der Waals surface area (Å²) in [5, 5.41) is 0. The van der Waals surface area contributed by atoms with Crippen LogP contribution in [0.2, 0.25) is 0 Å². The lowest BCUT2D eigenvalue weighted by Crippen LogP contribution is -2.50. The van der Waals surface area contributed by atoms with Gasteiger partial charge in [0.15, 0.2) is 0 Å². The molecule has 2 rings (SSSR count). The third-order valence-corrected chi connectivity index (χ3v) is 4.10. The molecular weight excluding hydrogens is 274 g/mol. The van der Waals surface area contributed by atoms with Crippen LogP contribution >= 0.6 is 0 Å².